The second-order valence-corrected chi connectivity index (χ2v) is 10.9. The van der Waals surface area contributed by atoms with Gasteiger partial charge in [-0.1, -0.05) is 49.2 Å². The molecule has 33 heavy (non-hydrogen) atoms. The molecule has 0 atom stereocenters. The van der Waals surface area contributed by atoms with E-state index in [-0.39, 0.29) is 5.41 Å². The average Bonchev–Trinajstić information content (AvgIpc) is 3.33. The number of rotatable bonds is 6. The van der Waals surface area contributed by atoms with Crippen LogP contribution in [0.5, 0.6) is 0 Å². The average molecular weight is 487 g/mol. The van der Waals surface area contributed by atoms with Gasteiger partial charge in [-0.15, -0.1) is 0 Å². The summed E-state index contributed by atoms with van der Waals surface area (Å²) in [6.07, 6.45) is 4.40. The number of ether oxygens (including phenoxy) is 2. The first-order valence-electron chi connectivity index (χ1n) is 11.1. The third-order valence-electron chi connectivity index (χ3n) is 7.04. The molecule has 0 aliphatic rings. The summed E-state index contributed by atoms with van der Waals surface area (Å²) in [5, 5.41) is 3.70. The van der Waals surface area contributed by atoms with E-state index in [1.165, 1.54) is 11.1 Å². The van der Waals surface area contributed by atoms with Crippen LogP contribution in [0.15, 0.2) is 48.8 Å². The molecule has 0 amide bonds. The van der Waals surface area contributed by atoms with Crippen molar-refractivity contribution >= 4 is 45.0 Å². The molecule has 0 N–H and O–H groups in total. The number of aromatic nitrogens is 2. The number of benzene rings is 2. The van der Waals surface area contributed by atoms with Crippen molar-refractivity contribution in [1.82, 2.24) is 9.13 Å². The van der Waals surface area contributed by atoms with Gasteiger partial charge in [-0.25, -0.2) is 0 Å². The van der Waals surface area contributed by atoms with Crippen LogP contribution >= 0.6 is 23.2 Å². The van der Waals surface area contributed by atoms with Gasteiger partial charge in [-0.3, -0.25) is 0 Å². The van der Waals surface area contributed by atoms with Gasteiger partial charge in [0.15, 0.2) is 0 Å². The fraction of sp³-hybridized carbons (Fsp3) is 0.407. The van der Waals surface area contributed by atoms with Crippen LogP contribution in [0, 0.1) is 0 Å². The molecule has 4 rings (SSSR count). The Labute approximate surface area is 206 Å². The third kappa shape index (κ3) is 3.87. The largest absolute Gasteiger partial charge is 0.359 e. The summed E-state index contributed by atoms with van der Waals surface area (Å²) in [5.41, 5.74) is 3.09. The smallest absolute Gasteiger partial charge is 0.138 e. The lowest BCUT2D eigenvalue weighted by Gasteiger charge is -2.28. The number of hydrogen-bond acceptors (Lipinski definition) is 2. The van der Waals surface area contributed by atoms with Gasteiger partial charge in [0.05, 0.1) is 11.0 Å². The Morgan fingerprint density at radius 1 is 0.636 bits per heavy atom. The Bertz CT molecular complexity index is 1240. The second-order valence-electron chi connectivity index (χ2n) is 10.1. The van der Waals surface area contributed by atoms with Crippen molar-refractivity contribution < 1.29 is 9.47 Å². The summed E-state index contributed by atoms with van der Waals surface area (Å²) in [7, 11) is 3.46. The maximum atomic E-state index is 6.40. The van der Waals surface area contributed by atoms with Gasteiger partial charge in [-0.2, -0.15) is 0 Å². The van der Waals surface area contributed by atoms with Crippen molar-refractivity contribution in [3.8, 4) is 0 Å². The maximum Gasteiger partial charge on any atom is 0.138 e. The van der Waals surface area contributed by atoms with Gasteiger partial charge in [-0.05, 0) is 63.1 Å². The molecule has 176 valence electrons. The number of hydrogen-bond donors (Lipinski definition) is 0. The highest BCUT2D eigenvalue weighted by Crippen LogP contribution is 2.44. The van der Waals surface area contributed by atoms with E-state index >= 15 is 0 Å². The summed E-state index contributed by atoms with van der Waals surface area (Å²) < 4.78 is 16.0. The Morgan fingerprint density at radius 2 is 1.00 bits per heavy atom. The molecule has 4 aromatic rings. The van der Waals surface area contributed by atoms with E-state index in [2.05, 4.69) is 75.2 Å². The minimum atomic E-state index is -0.531. The standard InChI is InChI=1S/C27H32Cl2N2O2/c1-25(2,21-15-30(26(3,4)32-7)23-13-17(28)9-11-19(21)23)22-16-31(27(5,6)33-8)24-14-18(29)10-12-20(22)24/h9-16H,1-8H3. The molecule has 0 fully saturated rings. The molecule has 6 heteroatoms. The lowest BCUT2D eigenvalue weighted by atomic mass is 9.78. The predicted molar refractivity (Wildman–Crippen MR) is 139 cm³/mol. The van der Waals surface area contributed by atoms with Gasteiger partial charge in [0.25, 0.3) is 0 Å². The molecule has 2 heterocycles. The van der Waals surface area contributed by atoms with Crippen LogP contribution in [0.1, 0.15) is 52.7 Å². The van der Waals surface area contributed by atoms with E-state index in [9.17, 15) is 0 Å². The zero-order valence-electron chi connectivity index (χ0n) is 20.6. The van der Waals surface area contributed by atoms with E-state index < -0.39 is 11.4 Å². The minimum absolute atomic E-state index is 0.331. The summed E-state index contributed by atoms with van der Waals surface area (Å²) in [4.78, 5) is 0. The van der Waals surface area contributed by atoms with E-state index in [1.807, 2.05) is 24.3 Å². The maximum absolute atomic E-state index is 6.40. The SMILES string of the molecule is COC(C)(C)n1cc(C(C)(C)c2cn(C(C)(C)OC)c3cc(Cl)ccc23)c2ccc(Cl)cc21. The first kappa shape index (κ1) is 24.2. The molecule has 0 saturated carbocycles. The zero-order chi connectivity index (χ0) is 24.3. The molecule has 0 unspecified atom stereocenters. The van der Waals surface area contributed by atoms with Crippen LogP contribution in [0.25, 0.3) is 21.8 Å². The third-order valence-corrected chi connectivity index (χ3v) is 7.51. The fourth-order valence-corrected chi connectivity index (χ4v) is 4.96. The Hall–Kier alpha value is -1.98. The van der Waals surface area contributed by atoms with Crippen LogP contribution in [0.3, 0.4) is 0 Å². The summed E-state index contributed by atoms with van der Waals surface area (Å²) in [5.74, 6) is 0. The van der Waals surface area contributed by atoms with Crippen molar-refractivity contribution in [2.45, 2.75) is 58.4 Å². The lowest BCUT2D eigenvalue weighted by molar-refractivity contribution is -0.0416. The molecule has 4 nitrogen and oxygen atoms in total. The molecular formula is C27H32Cl2N2O2. The molecule has 2 aromatic heterocycles. The van der Waals surface area contributed by atoms with E-state index in [0.29, 0.717) is 10.0 Å². The zero-order valence-corrected chi connectivity index (χ0v) is 22.1. The molecule has 0 radical (unpaired) electrons. The number of methoxy groups -OCH3 is 2. The summed E-state index contributed by atoms with van der Waals surface area (Å²) >= 11 is 12.8. The van der Waals surface area contributed by atoms with Crippen LogP contribution in [-0.4, -0.2) is 23.4 Å². The lowest BCUT2D eigenvalue weighted by Crippen LogP contribution is -2.28. The molecule has 0 spiro atoms. The first-order chi connectivity index (χ1) is 15.3. The van der Waals surface area contributed by atoms with Gasteiger partial charge in [0, 0.05) is 52.8 Å². The van der Waals surface area contributed by atoms with Crippen LogP contribution in [0.2, 0.25) is 10.0 Å². The van der Waals surface area contributed by atoms with E-state index in [4.69, 9.17) is 32.7 Å². The van der Waals surface area contributed by atoms with Crippen molar-refractivity contribution in [2.75, 3.05) is 14.2 Å². The normalized spacial score (nSPS) is 13.4. The Kier molecular flexibility index (Phi) is 5.90. The van der Waals surface area contributed by atoms with Gasteiger partial charge in [0.2, 0.25) is 0 Å². The highest BCUT2D eigenvalue weighted by molar-refractivity contribution is 6.31. The van der Waals surface area contributed by atoms with Crippen molar-refractivity contribution in [2.24, 2.45) is 0 Å². The summed E-state index contributed by atoms with van der Waals surface area (Å²) in [6, 6.07) is 12.1. The van der Waals surface area contributed by atoms with Crippen LogP contribution in [0.4, 0.5) is 0 Å². The highest BCUT2D eigenvalue weighted by Gasteiger charge is 2.34. The highest BCUT2D eigenvalue weighted by atomic mass is 35.5. The van der Waals surface area contributed by atoms with Crippen molar-refractivity contribution in [3.63, 3.8) is 0 Å². The monoisotopic (exact) mass is 486 g/mol. The van der Waals surface area contributed by atoms with Gasteiger partial charge >= 0.3 is 0 Å². The van der Waals surface area contributed by atoms with E-state index in [1.54, 1.807) is 14.2 Å². The van der Waals surface area contributed by atoms with E-state index in [0.717, 1.165) is 21.8 Å². The number of nitrogens with zero attached hydrogens (tertiary/aromatic N) is 2. The molecule has 0 bridgehead atoms. The van der Waals surface area contributed by atoms with Crippen LogP contribution < -0.4 is 0 Å². The molecule has 2 aromatic carbocycles. The second kappa shape index (κ2) is 8.06. The fourth-order valence-electron chi connectivity index (χ4n) is 4.63. The molecule has 0 saturated heterocycles. The molecular weight excluding hydrogens is 455 g/mol. The Morgan fingerprint density at radius 3 is 1.33 bits per heavy atom. The Balaban J connectivity index is 2.04. The minimum Gasteiger partial charge on any atom is -0.359 e. The quantitative estimate of drug-likeness (QED) is 0.277. The molecule has 0 aliphatic heterocycles. The van der Waals surface area contributed by atoms with Crippen LogP contribution in [-0.2, 0) is 26.3 Å². The summed E-state index contributed by atoms with van der Waals surface area (Å²) in [6.45, 7) is 12.7. The first-order valence-corrected chi connectivity index (χ1v) is 11.8. The van der Waals surface area contributed by atoms with Gasteiger partial charge < -0.3 is 18.6 Å². The predicted octanol–water partition coefficient (Wildman–Crippen LogP) is 7.91. The van der Waals surface area contributed by atoms with Gasteiger partial charge in [0.1, 0.15) is 11.4 Å². The van der Waals surface area contributed by atoms with Crippen molar-refractivity contribution in [3.05, 3.63) is 70.0 Å². The molecule has 0 aliphatic carbocycles. The topological polar surface area (TPSA) is 28.3 Å². The number of halogens is 2. The van der Waals surface area contributed by atoms with Crippen molar-refractivity contribution in [1.29, 1.82) is 0 Å². The number of fused-ring (bicyclic) bond motifs is 2.